The van der Waals surface area contributed by atoms with Crippen LogP contribution in [0.5, 0.6) is 5.75 Å². The average molecular weight is 540 g/mol. The van der Waals surface area contributed by atoms with E-state index >= 15 is 0 Å². The second-order valence-electron chi connectivity index (χ2n) is 8.55. The molecule has 0 saturated heterocycles. The maximum atomic E-state index is 14.1. The minimum Gasteiger partial charge on any atom is -0.496 e. The van der Waals surface area contributed by atoms with Gasteiger partial charge in [-0.05, 0) is 30.3 Å². The number of hydrogen-bond acceptors (Lipinski definition) is 8. The number of fused-ring (bicyclic) bond motifs is 1. The van der Waals surface area contributed by atoms with Crippen LogP contribution in [0.15, 0.2) is 48.7 Å². The Bertz CT molecular complexity index is 1560. The molecule has 0 radical (unpaired) electrons. The number of likely N-dealkylation sites (N-methyl/N-ethyl adjacent to an activating group) is 1. The number of hydrogen-bond donors (Lipinski definition) is 4. The number of halogens is 2. The second-order valence-corrected chi connectivity index (χ2v) is 8.55. The molecule has 204 valence electrons. The number of anilines is 4. The summed E-state index contributed by atoms with van der Waals surface area (Å²) in [6.07, 6.45) is 1.64. The van der Waals surface area contributed by atoms with E-state index in [1.165, 1.54) is 32.2 Å². The Hall–Kier alpha value is -4.68. The summed E-state index contributed by atoms with van der Waals surface area (Å²) in [5, 5.41) is 13.1. The Kier molecular flexibility index (Phi) is 7.70. The molecular formula is C27H27F2N5O5. The number of methoxy groups -OCH3 is 2. The van der Waals surface area contributed by atoms with Crippen molar-refractivity contribution in [1.29, 1.82) is 0 Å². The van der Waals surface area contributed by atoms with Crippen LogP contribution < -0.4 is 26.2 Å². The predicted octanol–water partition coefficient (Wildman–Crippen LogP) is 4.16. The Morgan fingerprint density at radius 2 is 1.79 bits per heavy atom. The van der Waals surface area contributed by atoms with Gasteiger partial charge in [-0.1, -0.05) is 6.07 Å². The summed E-state index contributed by atoms with van der Waals surface area (Å²) in [6.45, 7) is -0.178. The van der Waals surface area contributed by atoms with E-state index in [4.69, 9.17) is 15.2 Å². The number of aromatic nitrogens is 1. The highest BCUT2D eigenvalue weighted by Crippen LogP contribution is 2.48. The van der Waals surface area contributed by atoms with Gasteiger partial charge in [0.2, 0.25) is 5.78 Å². The van der Waals surface area contributed by atoms with Gasteiger partial charge in [0.15, 0.2) is 0 Å². The van der Waals surface area contributed by atoms with Crippen LogP contribution in [0.4, 0.5) is 31.5 Å². The third-order valence-corrected chi connectivity index (χ3v) is 6.39. The number of amides is 1. The van der Waals surface area contributed by atoms with E-state index in [2.05, 4.69) is 10.8 Å². The van der Waals surface area contributed by atoms with Gasteiger partial charge in [0.25, 0.3) is 5.91 Å². The molecule has 0 atom stereocenters. The molecule has 0 aliphatic heterocycles. The molecule has 5 N–H and O–H groups in total. The summed E-state index contributed by atoms with van der Waals surface area (Å²) in [5.74, 6) is -2.67. The molecule has 1 amide bonds. The van der Waals surface area contributed by atoms with Crippen molar-refractivity contribution >= 4 is 40.0 Å². The van der Waals surface area contributed by atoms with Gasteiger partial charge in [-0.25, -0.2) is 8.78 Å². The number of benzene rings is 2. The summed E-state index contributed by atoms with van der Waals surface area (Å²) in [4.78, 5) is 27.1. The zero-order valence-corrected chi connectivity index (χ0v) is 21.6. The Morgan fingerprint density at radius 3 is 2.38 bits per heavy atom. The third kappa shape index (κ3) is 4.71. The van der Waals surface area contributed by atoms with Crippen molar-refractivity contribution in [2.24, 2.45) is 0 Å². The SMILES string of the molecule is CNc1c(NO)c(N(C)C(=O)COC)cc(OC)c1-c1cccn2c(C(=O)c3cc(F)c(N)c(F)c3)ccc12. The molecule has 10 nitrogen and oxygen atoms in total. The van der Waals surface area contributed by atoms with Crippen molar-refractivity contribution in [3.8, 4) is 16.9 Å². The second kappa shape index (κ2) is 11.0. The number of nitrogens with one attached hydrogen (secondary N) is 2. The predicted molar refractivity (Wildman–Crippen MR) is 144 cm³/mol. The zero-order chi connectivity index (χ0) is 28.4. The molecule has 0 saturated carbocycles. The first-order valence-electron chi connectivity index (χ1n) is 11.7. The van der Waals surface area contributed by atoms with Crippen molar-refractivity contribution in [1.82, 2.24) is 4.40 Å². The van der Waals surface area contributed by atoms with Crippen LogP contribution in [-0.4, -0.2) is 56.2 Å². The molecule has 2 aromatic carbocycles. The summed E-state index contributed by atoms with van der Waals surface area (Å²) in [5.41, 5.74) is 9.39. The minimum absolute atomic E-state index is 0.155. The quantitative estimate of drug-likeness (QED) is 0.142. The highest BCUT2D eigenvalue weighted by molar-refractivity contribution is 6.10. The lowest BCUT2D eigenvalue weighted by Gasteiger charge is -2.26. The number of nitrogen functional groups attached to an aromatic ring is 1. The maximum Gasteiger partial charge on any atom is 0.252 e. The van der Waals surface area contributed by atoms with Crippen LogP contribution in [0, 0.1) is 11.6 Å². The lowest BCUT2D eigenvalue weighted by molar-refractivity contribution is -0.121. The van der Waals surface area contributed by atoms with E-state index < -0.39 is 23.1 Å². The molecule has 2 aromatic heterocycles. The molecule has 4 rings (SSSR count). The smallest absolute Gasteiger partial charge is 0.252 e. The van der Waals surface area contributed by atoms with Gasteiger partial charge in [-0.2, -0.15) is 0 Å². The lowest BCUT2D eigenvalue weighted by Crippen LogP contribution is -2.30. The molecule has 0 fully saturated rings. The molecule has 0 spiro atoms. The molecule has 0 bridgehead atoms. The van der Waals surface area contributed by atoms with Crippen molar-refractivity contribution in [3.63, 3.8) is 0 Å². The number of pyridine rings is 1. The fourth-order valence-corrected chi connectivity index (χ4v) is 4.45. The molecule has 0 aliphatic rings. The largest absolute Gasteiger partial charge is 0.496 e. The summed E-state index contributed by atoms with van der Waals surface area (Å²) in [6, 6.07) is 10.1. The fourth-order valence-electron chi connectivity index (χ4n) is 4.45. The summed E-state index contributed by atoms with van der Waals surface area (Å²) in [7, 11) is 6.03. The van der Waals surface area contributed by atoms with Gasteiger partial charge in [-0.15, -0.1) is 0 Å². The molecule has 0 unspecified atom stereocenters. The van der Waals surface area contributed by atoms with E-state index in [-0.39, 0.29) is 29.5 Å². The van der Waals surface area contributed by atoms with E-state index in [9.17, 15) is 23.6 Å². The minimum atomic E-state index is -1.03. The van der Waals surface area contributed by atoms with Crippen LogP contribution >= 0.6 is 0 Å². The van der Waals surface area contributed by atoms with Gasteiger partial charge < -0.3 is 29.8 Å². The van der Waals surface area contributed by atoms with Crippen molar-refractivity contribution in [2.45, 2.75) is 0 Å². The topological polar surface area (TPSA) is 131 Å². The Labute approximate surface area is 222 Å². The van der Waals surface area contributed by atoms with E-state index in [0.717, 1.165) is 12.1 Å². The first-order chi connectivity index (χ1) is 18.7. The lowest BCUT2D eigenvalue weighted by atomic mass is 9.99. The fraction of sp³-hybridized carbons (Fsp3) is 0.185. The standard InChI is InChI=1S/C27H27F2N5O5/c1-31-26-23(21(39-4)12-20(25(26)32-37)33(2)22(35)13-38-3)15-6-5-9-34-18(15)7-8-19(34)27(36)14-10-16(28)24(30)17(29)11-14/h5-12,31-32,37H,13,30H2,1-4H3. The number of ether oxygens (including phenoxy) is 2. The number of carbonyl (C=O) groups excluding carboxylic acids is 2. The molecule has 0 aliphatic carbocycles. The number of nitrogens with two attached hydrogens (primary N) is 1. The van der Waals surface area contributed by atoms with Crippen molar-refractivity contribution in [3.05, 3.63) is 71.6 Å². The van der Waals surface area contributed by atoms with Gasteiger partial charge >= 0.3 is 0 Å². The number of rotatable bonds is 9. The van der Waals surface area contributed by atoms with Crippen LogP contribution in [0.25, 0.3) is 16.6 Å². The highest BCUT2D eigenvalue weighted by Gasteiger charge is 2.26. The molecule has 4 aromatic rings. The van der Waals surface area contributed by atoms with Crippen molar-refractivity contribution in [2.75, 3.05) is 56.4 Å². The van der Waals surface area contributed by atoms with Gasteiger partial charge in [0, 0.05) is 44.6 Å². The highest BCUT2D eigenvalue weighted by atomic mass is 19.1. The van der Waals surface area contributed by atoms with E-state index in [1.807, 2.05) is 0 Å². The number of ketones is 1. The molecule has 39 heavy (non-hydrogen) atoms. The third-order valence-electron chi connectivity index (χ3n) is 6.39. The summed E-state index contributed by atoms with van der Waals surface area (Å²) >= 11 is 0. The average Bonchev–Trinajstić information content (AvgIpc) is 3.38. The first kappa shape index (κ1) is 27.4. The number of nitrogens with zero attached hydrogens (tertiary/aromatic N) is 2. The monoisotopic (exact) mass is 539 g/mol. The van der Waals surface area contributed by atoms with Gasteiger partial charge in [-0.3, -0.25) is 20.3 Å². The Balaban J connectivity index is 1.92. The normalized spacial score (nSPS) is 10.9. The van der Waals surface area contributed by atoms with Crippen molar-refractivity contribution < 1.29 is 33.1 Å². The molecule has 2 heterocycles. The Morgan fingerprint density at radius 1 is 1.10 bits per heavy atom. The summed E-state index contributed by atoms with van der Waals surface area (Å²) < 4.78 is 40.3. The van der Waals surface area contributed by atoms with Crippen LogP contribution in [0.1, 0.15) is 16.1 Å². The van der Waals surface area contributed by atoms with Crippen LogP contribution in [0.3, 0.4) is 0 Å². The van der Waals surface area contributed by atoms with Gasteiger partial charge in [0.1, 0.15) is 35.4 Å². The van der Waals surface area contributed by atoms with E-state index in [0.29, 0.717) is 33.8 Å². The first-order valence-corrected chi connectivity index (χ1v) is 11.7. The number of carbonyl (C=O) groups is 2. The zero-order valence-electron chi connectivity index (χ0n) is 21.6. The van der Waals surface area contributed by atoms with Crippen LogP contribution in [-0.2, 0) is 9.53 Å². The van der Waals surface area contributed by atoms with Crippen LogP contribution in [0.2, 0.25) is 0 Å². The van der Waals surface area contributed by atoms with Gasteiger partial charge in [0.05, 0.1) is 35.3 Å². The molecular weight excluding hydrogens is 512 g/mol. The maximum absolute atomic E-state index is 14.1. The molecule has 12 heteroatoms. The van der Waals surface area contributed by atoms with E-state index in [1.54, 1.807) is 41.9 Å².